The summed E-state index contributed by atoms with van der Waals surface area (Å²) >= 11 is 0. The van der Waals surface area contributed by atoms with Gasteiger partial charge in [0.05, 0.1) is 5.69 Å². The molecule has 2 aromatic carbocycles. The minimum absolute atomic E-state index is 0.0842. The van der Waals surface area contributed by atoms with Crippen molar-refractivity contribution in [1.29, 1.82) is 0 Å². The van der Waals surface area contributed by atoms with E-state index in [-0.39, 0.29) is 11.4 Å². The Morgan fingerprint density at radius 1 is 1.00 bits per heavy atom. The Kier molecular flexibility index (Phi) is 3.75. The van der Waals surface area contributed by atoms with Gasteiger partial charge in [0.25, 0.3) is 0 Å². The van der Waals surface area contributed by atoms with E-state index in [0.29, 0.717) is 5.69 Å². The number of rotatable bonds is 2. The van der Waals surface area contributed by atoms with Gasteiger partial charge in [-0.3, -0.25) is 4.90 Å². The molecule has 0 saturated heterocycles. The zero-order chi connectivity index (χ0) is 15.6. The highest BCUT2D eigenvalue weighted by molar-refractivity contribution is 6.01. The van der Waals surface area contributed by atoms with Crippen molar-refractivity contribution in [2.75, 3.05) is 17.3 Å². The third kappa shape index (κ3) is 3.08. The molecule has 0 unspecified atom stereocenters. The van der Waals surface area contributed by atoms with Gasteiger partial charge in [-0.2, -0.15) is 0 Å². The number of amides is 2. The molecule has 0 heterocycles. The first-order valence-corrected chi connectivity index (χ1v) is 5.97. The number of phenols is 4. The van der Waals surface area contributed by atoms with E-state index in [1.807, 2.05) is 0 Å². The van der Waals surface area contributed by atoms with Crippen LogP contribution in [0.2, 0.25) is 0 Å². The van der Waals surface area contributed by atoms with E-state index in [1.165, 1.54) is 24.1 Å². The summed E-state index contributed by atoms with van der Waals surface area (Å²) in [5.74, 6) is -1.66. The number of carbonyl (C=O) groups excluding carboxylic acids is 1. The van der Waals surface area contributed by atoms with E-state index in [9.17, 15) is 25.2 Å². The minimum Gasteiger partial charge on any atom is -0.508 e. The number of phenolic OH excluding ortho intramolecular Hbond substituents is 4. The predicted molar refractivity (Wildman–Crippen MR) is 77.0 cm³/mol. The molecule has 0 spiro atoms. The van der Waals surface area contributed by atoms with Crippen molar-refractivity contribution in [2.45, 2.75) is 0 Å². The van der Waals surface area contributed by atoms with Crippen LogP contribution >= 0.6 is 0 Å². The lowest BCUT2D eigenvalue weighted by atomic mass is 10.2. The first-order chi connectivity index (χ1) is 9.88. The molecule has 0 radical (unpaired) electrons. The molecular formula is C14H14N2O5. The number of urea groups is 1. The van der Waals surface area contributed by atoms with Crippen LogP contribution in [0, 0.1) is 0 Å². The molecule has 0 atom stereocenters. The summed E-state index contributed by atoms with van der Waals surface area (Å²) in [7, 11) is 1.52. The summed E-state index contributed by atoms with van der Waals surface area (Å²) in [6.45, 7) is 0. The molecule has 0 aliphatic rings. The molecule has 0 bridgehead atoms. The highest BCUT2D eigenvalue weighted by atomic mass is 16.3. The highest BCUT2D eigenvalue weighted by Gasteiger charge is 2.14. The number of hydrogen-bond donors (Lipinski definition) is 5. The lowest BCUT2D eigenvalue weighted by Crippen LogP contribution is -2.31. The summed E-state index contributed by atoms with van der Waals surface area (Å²) in [6.07, 6.45) is 0. The van der Waals surface area contributed by atoms with E-state index in [0.717, 1.165) is 12.1 Å². The maximum atomic E-state index is 12.0. The molecule has 0 aliphatic heterocycles. The summed E-state index contributed by atoms with van der Waals surface area (Å²) in [5, 5.41) is 39.6. The van der Waals surface area contributed by atoms with Crippen LogP contribution in [0.1, 0.15) is 0 Å². The SMILES string of the molecule is CN(C(=O)Nc1cc(O)c(O)c(O)c1)c1ccc(O)cc1. The van der Waals surface area contributed by atoms with Crippen LogP contribution in [-0.2, 0) is 0 Å². The van der Waals surface area contributed by atoms with Gasteiger partial charge in [0.15, 0.2) is 17.2 Å². The quantitative estimate of drug-likeness (QED) is 0.430. The zero-order valence-electron chi connectivity index (χ0n) is 11.1. The Labute approximate surface area is 120 Å². The Hall–Kier alpha value is -3.09. The molecular weight excluding hydrogens is 276 g/mol. The smallest absolute Gasteiger partial charge is 0.326 e. The Morgan fingerprint density at radius 3 is 2.05 bits per heavy atom. The first kappa shape index (κ1) is 14.3. The normalized spacial score (nSPS) is 10.1. The number of aromatic hydroxyl groups is 4. The van der Waals surface area contributed by atoms with Crippen LogP contribution in [0.15, 0.2) is 36.4 Å². The lowest BCUT2D eigenvalue weighted by molar-refractivity contribution is 0.258. The second-order valence-corrected chi connectivity index (χ2v) is 4.37. The molecule has 21 heavy (non-hydrogen) atoms. The molecule has 2 amide bonds. The van der Waals surface area contributed by atoms with Crippen LogP contribution in [0.3, 0.4) is 0 Å². The van der Waals surface area contributed by atoms with Crippen molar-refractivity contribution in [3.63, 3.8) is 0 Å². The molecule has 7 nitrogen and oxygen atoms in total. The molecule has 0 aromatic heterocycles. The average Bonchev–Trinajstić information content (AvgIpc) is 2.44. The van der Waals surface area contributed by atoms with E-state index in [4.69, 9.17) is 0 Å². The monoisotopic (exact) mass is 290 g/mol. The summed E-state index contributed by atoms with van der Waals surface area (Å²) in [4.78, 5) is 13.3. The van der Waals surface area contributed by atoms with Gasteiger partial charge in [-0.15, -0.1) is 0 Å². The number of carbonyl (C=O) groups is 1. The second kappa shape index (κ2) is 5.49. The van der Waals surface area contributed by atoms with Gasteiger partial charge in [-0.25, -0.2) is 4.79 Å². The van der Waals surface area contributed by atoms with Crippen LogP contribution < -0.4 is 10.2 Å². The first-order valence-electron chi connectivity index (χ1n) is 5.97. The molecule has 2 rings (SSSR count). The number of anilines is 2. The minimum atomic E-state index is -0.653. The van der Waals surface area contributed by atoms with Gasteiger partial charge in [-0.05, 0) is 24.3 Å². The molecule has 7 heteroatoms. The molecule has 0 fully saturated rings. The standard InChI is InChI=1S/C14H14N2O5/c1-16(9-2-4-10(17)5-3-9)14(21)15-8-6-11(18)13(20)12(19)7-8/h2-7,17-20H,1H3,(H,15,21). The lowest BCUT2D eigenvalue weighted by Gasteiger charge is -2.18. The maximum Gasteiger partial charge on any atom is 0.326 e. The Morgan fingerprint density at radius 2 is 1.52 bits per heavy atom. The van der Waals surface area contributed by atoms with Gasteiger partial charge in [-0.1, -0.05) is 0 Å². The number of nitrogens with one attached hydrogen (secondary N) is 1. The van der Waals surface area contributed by atoms with Crippen molar-refractivity contribution in [3.8, 4) is 23.0 Å². The largest absolute Gasteiger partial charge is 0.508 e. The van der Waals surface area contributed by atoms with E-state index in [2.05, 4.69) is 5.32 Å². The van der Waals surface area contributed by atoms with Gasteiger partial charge in [0, 0.05) is 24.9 Å². The van der Waals surface area contributed by atoms with Crippen LogP contribution in [0.5, 0.6) is 23.0 Å². The van der Waals surface area contributed by atoms with E-state index in [1.54, 1.807) is 12.1 Å². The highest BCUT2D eigenvalue weighted by Crippen LogP contribution is 2.37. The van der Waals surface area contributed by atoms with Crippen LogP contribution in [-0.4, -0.2) is 33.5 Å². The Balaban J connectivity index is 2.16. The summed E-state index contributed by atoms with van der Waals surface area (Å²) in [6, 6.07) is 7.69. The van der Waals surface area contributed by atoms with E-state index >= 15 is 0 Å². The maximum absolute atomic E-state index is 12.0. The zero-order valence-corrected chi connectivity index (χ0v) is 11.1. The Bertz CT molecular complexity index is 647. The van der Waals surface area contributed by atoms with Crippen molar-refractivity contribution < 1.29 is 25.2 Å². The van der Waals surface area contributed by atoms with Gasteiger partial charge < -0.3 is 25.7 Å². The molecule has 2 aromatic rings. The molecule has 0 aliphatic carbocycles. The third-order valence-electron chi connectivity index (χ3n) is 2.86. The van der Waals surface area contributed by atoms with Gasteiger partial charge in [0.1, 0.15) is 5.75 Å². The summed E-state index contributed by atoms with van der Waals surface area (Å²) < 4.78 is 0. The number of benzene rings is 2. The number of hydrogen-bond acceptors (Lipinski definition) is 5. The van der Waals surface area contributed by atoms with Crippen molar-refractivity contribution >= 4 is 17.4 Å². The van der Waals surface area contributed by atoms with Crippen LogP contribution in [0.4, 0.5) is 16.2 Å². The third-order valence-corrected chi connectivity index (χ3v) is 2.86. The van der Waals surface area contributed by atoms with Crippen LogP contribution in [0.25, 0.3) is 0 Å². The van der Waals surface area contributed by atoms with Crippen molar-refractivity contribution in [1.82, 2.24) is 0 Å². The molecule has 110 valence electrons. The fourth-order valence-electron chi connectivity index (χ4n) is 1.68. The van der Waals surface area contributed by atoms with Gasteiger partial charge in [0.2, 0.25) is 0 Å². The number of nitrogens with zero attached hydrogens (tertiary/aromatic N) is 1. The van der Waals surface area contributed by atoms with Crippen molar-refractivity contribution in [2.24, 2.45) is 0 Å². The molecule has 0 saturated carbocycles. The fourth-order valence-corrected chi connectivity index (χ4v) is 1.68. The average molecular weight is 290 g/mol. The molecule has 5 N–H and O–H groups in total. The summed E-state index contributed by atoms with van der Waals surface area (Å²) in [5.41, 5.74) is 0.663. The second-order valence-electron chi connectivity index (χ2n) is 4.37. The fraction of sp³-hybridized carbons (Fsp3) is 0.0714. The topological polar surface area (TPSA) is 113 Å². The van der Waals surface area contributed by atoms with Gasteiger partial charge >= 0.3 is 6.03 Å². The van der Waals surface area contributed by atoms with E-state index < -0.39 is 23.3 Å². The van der Waals surface area contributed by atoms with Crippen molar-refractivity contribution in [3.05, 3.63) is 36.4 Å². The predicted octanol–water partition coefficient (Wildman–Crippen LogP) is 2.18.